The average molecular weight is 217 g/mol. The van der Waals surface area contributed by atoms with Crippen molar-refractivity contribution in [2.75, 3.05) is 27.3 Å². The van der Waals surface area contributed by atoms with Crippen LogP contribution in [0.5, 0.6) is 0 Å². The zero-order chi connectivity index (χ0) is 11.6. The predicted octanol–water partition coefficient (Wildman–Crippen LogP) is 2.06. The van der Waals surface area contributed by atoms with Crippen molar-refractivity contribution < 1.29 is 26.6 Å². The topological polar surface area (TPSA) is 12.2 Å². The van der Waals surface area contributed by atoms with Gasteiger partial charge in [-0.1, -0.05) is 6.92 Å². The van der Waals surface area contributed by atoms with Crippen LogP contribution in [0.2, 0.25) is 0 Å². The lowest BCUT2D eigenvalue weighted by molar-refractivity contribution is -0.494. The molecule has 0 saturated carbocycles. The second kappa shape index (κ2) is 8.99. The molecule has 0 heterocycles. The molecule has 0 rings (SSSR count). The second-order valence-electron chi connectivity index (χ2n) is 2.61. The van der Waals surface area contributed by atoms with Crippen molar-refractivity contribution in [1.29, 1.82) is 0 Å². The summed E-state index contributed by atoms with van der Waals surface area (Å²) < 4.78 is 46.0. The summed E-state index contributed by atoms with van der Waals surface area (Å²) in [5.74, 6) is 0. The molecule has 2 nitrogen and oxygen atoms in total. The number of nitrogens with zero attached hydrogens (tertiary/aromatic N) is 1. The number of halogens is 4. The molecule has 0 unspecified atom stereocenters. The van der Waals surface area contributed by atoms with Gasteiger partial charge in [0.25, 0.3) is 0 Å². The molecule has 0 aliphatic rings. The highest BCUT2D eigenvalue weighted by Gasteiger charge is 2.20. The summed E-state index contributed by atoms with van der Waals surface area (Å²) >= 11 is 0. The lowest BCUT2D eigenvalue weighted by atomic mass is 10.3. The van der Waals surface area contributed by atoms with Crippen LogP contribution < -0.4 is 0 Å². The van der Waals surface area contributed by atoms with Crippen molar-refractivity contribution in [3.8, 4) is 0 Å². The van der Waals surface area contributed by atoms with Gasteiger partial charge in [-0.15, -0.1) is 0 Å². The Morgan fingerprint density at radius 2 is 1.71 bits per heavy atom. The highest BCUT2D eigenvalue weighted by Crippen LogP contribution is 2.06. The summed E-state index contributed by atoms with van der Waals surface area (Å²) in [6, 6.07) is 0. The minimum Gasteiger partial charge on any atom is -0.418 e. The fourth-order valence-corrected chi connectivity index (χ4v) is 0.646. The van der Waals surface area contributed by atoms with Gasteiger partial charge in [0.2, 0.25) is 0 Å². The van der Waals surface area contributed by atoms with E-state index in [1.54, 1.807) is 7.11 Å². The molecule has 0 amide bonds. The average Bonchev–Trinajstić information content (AvgIpc) is 1.98. The molecular weight excluding hydrogens is 201 g/mol. The summed E-state index contributed by atoms with van der Waals surface area (Å²) in [4.78, 5) is 0. The molecule has 0 fully saturated rings. The molecule has 0 aromatic carbocycles. The van der Waals surface area contributed by atoms with Gasteiger partial charge in [0.15, 0.2) is 6.21 Å². The Balaban J connectivity index is 0. The van der Waals surface area contributed by atoms with Crippen LogP contribution >= 0.6 is 0 Å². The van der Waals surface area contributed by atoms with Crippen molar-refractivity contribution in [3.63, 3.8) is 0 Å². The molecule has 0 aliphatic heterocycles. The highest BCUT2D eigenvalue weighted by molar-refractivity contribution is 6.50. The van der Waals surface area contributed by atoms with Crippen molar-refractivity contribution >= 4 is 13.5 Å². The zero-order valence-corrected chi connectivity index (χ0v) is 8.64. The molecule has 0 bridgehead atoms. The zero-order valence-electron chi connectivity index (χ0n) is 8.64. The lowest BCUT2D eigenvalue weighted by Gasteiger charge is -1.94. The van der Waals surface area contributed by atoms with E-state index < -0.39 is 7.25 Å². The summed E-state index contributed by atoms with van der Waals surface area (Å²) in [5.41, 5.74) is 0. The Hall–Kier alpha value is -0.585. The van der Waals surface area contributed by atoms with Gasteiger partial charge >= 0.3 is 7.25 Å². The van der Waals surface area contributed by atoms with E-state index in [4.69, 9.17) is 4.74 Å². The Labute approximate surface area is 81.7 Å². The SMILES string of the molecule is CCC[N+](C)=CCOC.F[B-](F)(F)F. The van der Waals surface area contributed by atoms with Gasteiger partial charge in [-0.2, -0.15) is 0 Å². The van der Waals surface area contributed by atoms with Crippen LogP contribution in [-0.2, 0) is 4.74 Å². The maximum absolute atomic E-state index is 9.75. The van der Waals surface area contributed by atoms with E-state index in [9.17, 15) is 17.3 Å². The standard InChI is InChI=1S/C7H16NO.BF4/c1-4-5-8(2)6-7-9-3;2-1(3,4)5/h6H,4-5,7H2,1-3H3;/q+1;-1. The van der Waals surface area contributed by atoms with E-state index >= 15 is 0 Å². The summed E-state index contributed by atoms with van der Waals surface area (Å²) in [5, 5.41) is 0. The molecule has 0 radical (unpaired) electrons. The van der Waals surface area contributed by atoms with Crippen LogP contribution in [0.25, 0.3) is 0 Å². The molecule has 0 saturated heterocycles. The quantitative estimate of drug-likeness (QED) is 0.304. The normalized spacial score (nSPS) is 12.1. The molecule has 86 valence electrons. The van der Waals surface area contributed by atoms with Crippen molar-refractivity contribution in [1.82, 2.24) is 0 Å². The third-order valence-electron chi connectivity index (χ3n) is 1.13. The fraction of sp³-hybridized carbons (Fsp3) is 0.857. The van der Waals surface area contributed by atoms with Crippen molar-refractivity contribution in [2.24, 2.45) is 0 Å². The minimum atomic E-state index is -6.00. The van der Waals surface area contributed by atoms with Gasteiger partial charge in [-0.3, -0.25) is 0 Å². The summed E-state index contributed by atoms with van der Waals surface area (Å²) in [6.07, 6.45) is 3.24. The van der Waals surface area contributed by atoms with Crippen LogP contribution in [0.15, 0.2) is 0 Å². The molecule has 7 heteroatoms. The van der Waals surface area contributed by atoms with Gasteiger partial charge < -0.3 is 22.0 Å². The smallest absolute Gasteiger partial charge is 0.418 e. The number of ether oxygens (including phenoxy) is 1. The molecular formula is C7H16BF4NO. The van der Waals surface area contributed by atoms with Gasteiger partial charge in [0.1, 0.15) is 20.2 Å². The Morgan fingerprint density at radius 1 is 1.29 bits per heavy atom. The summed E-state index contributed by atoms with van der Waals surface area (Å²) in [7, 11) is -2.24. The fourth-order valence-electron chi connectivity index (χ4n) is 0.646. The van der Waals surface area contributed by atoms with Gasteiger partial charge in [-0.25, -0.2) is 4.58 Å². The van der Waals surface area contributed by atoms with Crippen molar-refractivity contribution in [3.05, 3.63) is 0 Å². The Kier molecular flexibility index (Phi) is 10.2. The van der Waals surface area contributed by atoms with Crippen LogP contribution in [0.3, 0.4) is 0 Å². The molecule has 0 atom stereocenters. The molecule has 14 heavy (non-hydrogen) atoms. The molecule has 0 N–H and O–H groups in total. The molecule has 0 aromatic rings. The molecule has 0 spiro atoms. The first-order chi connectivity index (χ1) is 6.31. The van der Waals surface area contributed by atoms with E-state index in [1.807, 2.05) is 6.21 Å². The van der Waals surface area contributed by atoms with Crippen LogP contribution in [0.4, 0.5) is 17.3 Å². The molecule has 0 aliphatic carbocycles. The highest BCUT2D eigenvalue weighted by atomic mass is 19.5. The monoisotopic (exact) mass is 217 g/mol. The number of methoxy groups -OCH3 is 1. The van der Waals surface area contributed by atoms with Gasteiger partial charge in [0.05, 0.1) is 0 Å². The predicted molar refractivity (Wildman–Crippen MR) is 49.5 cm³/mol. The van der Waals surface area contributed by atoms with E-state index in [2.05, 4.69) is 18.5 Å². The van der Waals surface area contributed by atoms with Gasteiger partial charge in [0, 0.05) is 13.5 Å². The van der Waals surface area contributed by atoms with Crippen molar-refractivity contribution in [2.45, 2.75) is 13.3 Å². The van der Waals surface area contributed by atoms with E-state index in [0.29, 0.717) is 0 Å². The number of rotatable bonds is 4. The third-order valence-corrected chi connectivity index (χ3v) is 1.13. The minimum absolute atomic E-state index is 0.719. The second-order valence-corrected chi connectivity index (χ2v) is 2.61. The maximum Gasteiger partial charge on any atom is 0.673 e. The number of hydrogen-bond donors (Lipinski definition) is 0. The van der Waals surface area contributed by atoms with E-state index in [0.717, 1.165) is 13.2 Å². The van der Waals surface area contributed by atoms with Crippen LogP contribution in [0.1, 0.15) is 13.3 Å². The molecule has 0 aromatic heterocycles. The Morgan fingerprint density at radius 3 is 2.00 bits per heavy atom. The first-order valence-corrected chi connectivity index (χ1v) is 4.21. The Bertz CT molecular complexity index is 154. The lowest BCUT2D eigenvalue weighted by Crippen LogP contribution is -2.10. The number of hydrogen-bond acceptors (Lipinski definition) is 1. The largest absolute Gasteiger partial charge is 0.673 e. The summed E-state index contributed by atoms with van der Waals surface area (Å²) in [6.45, 7) is 4.00. The van der Waals surface area contributed by atoms with E-state index in [-0.39, 0.29) is 0 Å². The van der Waals surface area contributed by atoms with Crippen LogP contribution in [-0.4, -0.2) is 45.4 Å². The maximum atomic E-state index is 9.75. The van der Waals surface area contributed by atoms with Gasteiger partial charge in [-0.05, 0) is 0 Å². The first-order valence-electron chi connectivity index (χ1n) is 4.21. The third kappa shape index (κ3) is 30.1. The van der Waals surface area contributed by atoms with E-state index in [1.165, 1.54) is 6.42 Å². The first kappa shape index (κ1) is 15.9. The van der Waals surface area contributed by atoms with Crippen LogP contribution in [0, 0.1) is 0 Å².